The van der Waals surface area contributed by atoms with Gasteiger partial charge in [-0.1, -0.05) is 18.2 Å². The number of halogens is 4. The van der Waals surface area contributed by atoms with Gasteiger partial charge in [-0.2, -0.15) is 18.3 Å². The molecule has 0 saturated heterocycles. The Labute approximate surface area is 150 Å². The highest BCUT2D eigenvalue weighted by Gasteiger charge is 2.29. The third-order valence-corrected chi connectivity index (χ3v) is 3.74. The molecule has 3 rings (SSSR count). The topological polar surface area (TPSA) is 96.2 Å². The normalized spacial score (nSPS) is 11.7. The van der Waals surface area contributed by atoms with Gasteiger partial charge in [-0.15, -0.1) is 0 Å². The van der Waals surface area contributed by atoms with Crippen molar-refractivity contribution >= 4 is 22.6 Å². The van der Waals surface area contributed by atoms with E-state index in [1.165, 1.54) is 22.9 Å². The maximum atomic E-state index is 14.1. The van der Waals surface area contributed by atoms with Gasteiger partial charge >= 0.3 is 6.18 Å². The van der Waals surface area contributed by atoms with Gasteiger partial charge in [-0.05, 0) is 23.8 Å². The Morgan fingerprint density at radius 2 is 1.96 bits per heavy atom. The second kappa shape index (κ2) is 6.78. The zero-order chi connectivity index (χ0) is 19.8. The van der Waals surface area contributed by atoms with Crippen LogP contribution in [0.25, 0.3) is 22.0 Å². The highest BCUT2D eigenvalue weighted by atomic mass is 19.4. The number of ether oxygens (including phenoxy) is 1. The fourth-order valence-electron chi connectivity index (χ4n) is 2.67. The zero-order valence-electron chi connectivity index (χ0n) is 13.8. The van der Waals surface area contributed by atoms with Crippen molar-refractivity contribution in [3.8, 4) is 16.9 Å². The first-order valence-corrected chi connectivity index (χ1v) is 7.68. The monoisotopic (exact) mass is 382 g/mol. The molecule has 4 N–H and O–H groups in total. The second-order valence-corrected chi connectivity index (χ2v) is 5.76. The Balaban J connectivity index is 2.10. The molecule has 0 fully saturated rings. The van der Waals surface area contributed by atoms with Crippen molar-refractivity contribution in [1.82, 2.24) is 9.78 Å². The lowest BCUT2D eigenvalue weighted by Gasteiger charge is -2.14. The van der Waals surface area contributed by atoms with E-state index in [1.54, 1.807) is 12.1 Å². The van der Waals surface area contributed by atoms with E-state index in [0.717, 1.165) is 6.07 Å². The summed E-state index contributed by atoms with van der Waals surface area (Å²) in [4.78, 5) is 11.2. The van der Waals surface area contributed by atoms with Crippen LogP contribution in [0.3, 0.4) is 0 Å². The van der Waals surface area contributed by atoms with E-state index in [2.05, 4.69) is 9.84 Å². The van der Waals surface area contributed by atoms with Gasteiger partial charge in [0, 0.05) is 10.9 Å². The quantitative estimate of drug-likeness (QED) is 0.663. The minimum Gasteiger partial charge on any atom is -0.480 e. The summed E-state index contributed by atoms with van der Waals surface area (Å²) in [6.07, 6.45) is -4.61. The molecule has 3 aromatic rings. The second-order valence-electron chi connectivity index (χ2n) is 5.76. The number of nitrogen functional groups attached to an aromatic ring is 1. The summed E-state index contributed by atoms with van der Waals surface area (Å²) >= 11 is 0. The Hall–Kier alpha value is -3.30. The molecule has 1 heterocycles. The summed E-state index contributed by atoms with van der Waals surface area (Å²) in [6, 6.07) is 8.42. The molecule has 1 amide bonds. The molecule has 0 aliphatic rings. The molecule has 0 unspecified atom stereocenters. The lowest BCUT2D eigenvalue weighted by molar-refractivity contribution is -0.153. The molecule has 0 saturated carbocycles. The number of nitrogens with zero attached hydrogens (tertiary/aromatic N) is 2. The number of nitrogens with two attached hydrogens (primary N) is 2. The van der Waals surface area contributed by atoms with Crippen LogP contribution in [0.1, 0.15) is 0 Å². The molecule has 0 radical (unpaired) electrons. The van der Waals surface area contributed by atoms with Crippen LogP contribution < -0.4 is 16.2 Å². The number of carbonyl (C=O) groups excluding carboxylic acids is 1. The lowest BCUT2D eigenvalue weighted by atomic mass is 10.0. The molecule has 0 bridgehead atoms. The molecule has 2 aromatic carbocycles. The Kier molecular flexibility index (Phi) is 4.64. The standard InChI is InChI=1S/C17H14F4N4O2/c18-12-3-1-2-10(15(12)27-8-17(19,20)21)9-4-5-11-13(6-9)25(7-14(22)26)24-16(11)23/h1-6H,7-8H2,(H2,22,26)(H2,23,24). The van der Waals surface area contributed by atoms with Crippen molar-refractivity contribution in [3.05, 3.63) is 42.2 Å². The van der Waals surface area contributed by atoms with E-state index >= 15 is 0 Å². The zero-order valence-corrected chi connectivity index (χ0v) is 13.8. The molecule has 1 aromatic heterocycles. The van der Waals surface area contributed by atoms with Crippen LogP contribution in [-0.4, -0.2) is 28.5 Å². The van der Waals surface area contributed by atoms with Crippen LogP contribution in [0, 0.1) is 5.82 Å². The SMILES string of the molecule is NC(=O)Cn1nc(N)c2ccc(-c3cccc(F)c3OCC(F)(F)F)cc21. The first kappa shape index (κ1) is 18.5. The van der Waals surface area contributed by atoms with Crippen LogP contribution in [0.4, 0.5) is 23.4 Å². The number of hydrogen-bond donors (Lipinski definition) is 2. The Morgan fingerprint density at radius 3 is 2.63 bits per heavy atom. The van der Waals surface area contributed by atoms with Gasteiger partial charge in [0.05, 0.1) is 5.52 Å². The van der Waals surface area contributed by atoms with Gasteiger partial charge < -0.3 is 16.2 Å². The molecule has 142 valence electrons. The van der Waals surface area contributed by atoms with Crippen LogP contribution in [0.15, 0.2) is 36.4 Å². The number of alkyl halides is 3. The van der Waals surface area contributed by atoms with Crippen LogP contribution in [-0.2, 0) is 11.3 Å². The number of hydrogen-bond acceptors (Lipinski definition) is 4. The number of aromatic nitrogens is 2. The molecular formula is C17H14F4N4O2. The molecule has 27 heavy (non-hydrogen) atoms. The van der Waals surface area contributed by atoms with Crippen molar-refractivity contribution in [2.24, 2.45) is 5.73 Å². The summed E-state index contributed by atoms with van der Waals surface area (Å²) in [7, 11) is 0. The first-order valence-electron chi connectivity index (χ1n) is 7.68. The molecule has 0 atom stereocenters. The van der Waals surface area contributed by atoms with Crippen LogP contribution in [0.5, 0.6) is 5.75 Å². The Morgan fingerprint density at radius 1 is 1.22 bits per heavy atom. The highest BCUT2D eigenvalue weighted by molar-refractivity contribution is 5.93. The van der Waals surface area contributed by atoms with Gasteiger partial charge in [0.2, 0.25) is 5.91 Å². The smallest absolute Gasteiger partial charge is 0.422 e. The average molecular weight is 382 g/mol. The average Bonchev–Trinajstić information content (AvgIpc) is 2.87. The fourth-order valence-corrected chi connectivity index (χ4v) is 2.67. The van der Waals surface area contributed by atoms with E-state index in [9.17, 15) is 22.4 Å². The predicted molar refractivity (Wildman–Crippen MR) is 90.3 cm³/mol. The number of fused-ring (bicyclic) bond motifs is 1. The molecule has 0 aliphatic carbocycles. The highest BCUT2D eigenvalue weighted by Crippen LogP contribution is 2.35. The fraction of sp³-hybridized carbons (Fsp3) is 0.176. The van der Waals surface area contributed by atoms with Crippen molar-refractivity contribution in [2.45, 2.75) is 12.7 Å². The minimum atomic E-state index is -4.61. The summed E-state index contributed by atoms with van der Waals surface area (Å²) in [5.41, 5.74) is 11.9. The maximum absolute atomic E-state index is 14.1. The largest absolute Gasteiger partial charge is 0.480 e. The number of primary amides is 1. The Bertz CT molecular complexity index is 1010. The molecular weight excluding hydrogens is 368 g/mol. The minimum absolute atomic E-state index is 0.117. The van der Waals surface area contributed by atoms with Crippen molar-refractivity contribution in [3.63, 3.8) is 0 Å². The van der Waals surface area contributed by atoms with E-state index in [-0.39, 0.29) is 17.9 Å². The maximum Gasteiger partial charge on any atom is 0.422 e. The third kappa shape index (κ3) is 3.94. The van der Waals surface area contributed by atoms with Crippen molar-refractivity contribution in [2.75, 3.05) is 12.3 Å². The van der Waals surface area contributed by atoms with Crippen molar-refractivity contribution in [1.29, 1.82) is 0 Å². The lowest BCUT2D eigenvalue weighted by Crippen LogP contribution is -2.20. The van der Waals surface area contributed by atoms with E-state index < -0.39 is 30.3 Å². The van der Waals surface area contributed by atoms with Gasteiger partial charge in [0.25, 0.3) is 0 Å². The van der Waals surface area contributed by atoms with Crippen LogP contribution in [0.2, 0.25) is 0 Å². The van der Waals surface area contributed by atoms with Gasteiger partial charge in [-0.3, -0.25) is 9.48 Å². The summed E-state index contributed by atoms with van der Waals surface area (Å²) in [6.45, 7) is -1.87. The van der Waals surface area contributed by atoms with Gasteiger partial charge in [0.15, 0.2) is 24.0 Å². The van der Waals surface area contributed by atoms with E-state index in [4.69, 9.17) is 11.5 Å². The molecule has 0 aliphatic heterocycles. The molecule has 0 spiro atoms. The summed E-state index contributed by atoms with van der Waals surface area (Å²) in [5.74, 6) is -1.94. The van der Waals surface area contributed by atoms with E-state index in [0.29, 0.717) is 16.5 Å². The number of carbonyl (C=O) groups is 1. The van der Waals surface area contributed by atoms with E-state index in [1.807, 2.05) is 0 Å². The van der Waals surface area contributed by atoms with Crippen LogP contribution >= 0.6 is 0 Å². The predicted octanol–water partition coefficient (Wildman–Crippen LogP) is 2.85. The first-order chi connectivity index (χ1) is 12.7. The summed E-state index contributed by atoms with van der Waals surface area (Å²) < 4.78 is 57.5. The van der Waals surface area contributed by atoms with Gasteiger partial charge in [-0.25, -0.2) is 4.39 Å². The number of para-hydroxylation sites is 1. The summed E-state index contributed by atoms with van der Waals surface area (Å²) in [5, 5.41) is 4.54. The third-order valence-electron chi connectivity index (χ3n) is 3.74. The molecule has 6 nitrogen and oxygen atoms in total. The van der Waals surface area contributed by atoms with Gasteiger partial charge in [0.1, 0.15) is 6.54 Å². The number of amides is 1. The number of benzene rings is 2. The number of rotatable bonds is 5. The number of anilines is 1. The van der Waals surface area contributed by atoms with Crippen molar-refractivity contribution < 1.29 is 27.1 Å². The molecule has 10 heteroatoms.